The second-order valence-corrected chi connectivity index (χ2v) is 9.92. The summed E-state index contributed by atoms with van der Waals surface area (Å²) in [6.07, 6.45) is 3.14. The minimum atomic E-state index is -3.89. The highest BCUT2D eigenvalue weighted by Gasteiger charge is 2.44. The van der Waals surface area contributed by atoms with E-state index in [1.54, 1.807) is 12.1 Å². The fraction of sp³-hybridized carbons (Fsp3) is 0.391. The molecule has 1 N–H and O–H groups in total. The van der Waals surface area contributed by atoms with E-state index in [1.807, 2.05) is 12.1 Å². The van der Waals surface area contributed by atoms with Crippen LogP contribution < -0.4 is 14.4 Å². The van der Waals surface area contributed by atoms with Crippen molar-refractivity contribution in [2.45, 2.75) is 42.5 Å². The Morgan fingerprint density at radius 1 is 1.06 bits per heavy atom. The van der Waals surface area contributed by atoms with Gasteiger partial charge in [-0.05, 0) is 49.1 Å². The number of hydrogen-bond acceptors (Lipinski definition) is 6. The molecule has 1 amide bonds. The van der Waals surface area contributed by atoms with Crippen LogP contribution in [0.5, 0.6) is 5.75 Å². The molecule has 0 radical (unpaired) electrons. The highest BCUT2D eigenvalue weighted by atomic mass is 32.2. The van der Waals surface area contributed by atoms with E-state index >= 15 is 0 Å². The van der Waals surface area contributed by atoms with Crippen LogP contribution in [0.15, 0.2) is 47.4 Å². The van der Waals surface area contributed by atoms with E-state index < -0.39 is 27.4 Å². The van der Waals surface area contributed by atoms with Gasteiger partial charge in [0, 0.05) is 6.54 Å². The Kier molecular flexibility index (Phi) is 5.85. The highest BCUT2D eigenvalue weighted by Crippen LogP contribution is 2.35. The molecular formula is C23H26N2O6S. The van der Waals surface area contributed by atoms with Gasteiger partial charge in [-0.3, -0.25) is 9.10 Å². The van der Waals surface area contributed by atoms with E-state index in [9.17, 15) is 18.0 Å². The number of fused-ring (bicyclic) bond motifs is 1. The van der Waals surface area contributed by atoms with Crippen LogP contribution >= 0.6 is 0 Å². The van der Waals surface area contributed by atoms with Gasteiger partial charge in [0.25, 0.3) is 15.9 Å². The minimum absolute atomic E-state index is 0.0151. The summed E-state index contributed by atoms with van der Waals surface area (Å²) < 4.78 is 38.4. The largest absolute Gasteiger partial charge is 0.496 e. The van der Waals surface area contributed by atoms with E-state index in [1.165, 1.54) is 36.7 Å². The molecule has 0 spiro atoms. The Bertz CT molecular complexity index is 1150. The third-order valence-corrected chi connectivity index (χ3v) is 8.04. The lowest BCUT2D eigenvalue weighted by Gasteiger charge is -2.27. The molecule has 2 aromatic carbocycles. The molecule has 2 aromatic rings. The monoisotopic (exact) mass is 458 g/mol. The van der Waals surface area contributed by atoms with E-state index in [0.717, 1.165) is 18.4 Å². The number of nitrogens with one attached hydrogen (secondary N) is 1. The number of nitrogens with zero attached hydrogens (tertiary/aromatic N) is 1. The summed E-state index contributed by atoms with van der Waals surface area (Å²) in [6.45, 7) is 0.334. The number of carbonyl (C=O) groups is 2. The molecule has 0 unspecified atom stereocenters. The molecule has 1 saturated carbocycles. The van der Waals surface area contributed by atoms with Gasteiger partial charge in [-0.25, -0.2) is 13.2 Å². The molecule has 0 bridgehead atoms. The quantitative estimate of drug-likeness (QED) is 0.668. The van der Waals surface area contributed by atoms with Crippen molar-refractivity contribution in [3.05, 3.63) is 53.6 Å². The van der Waals surface area contributed by atoms with Gasteiger partial charge in [0.05, 0.1) is 30.4 Å². The van der Waals surface area contributed by atoms with Gasteiger partial charge in [-0.1, -0.05) is 31.0 Å². The van der Waals surface area contributed by atoms with Crippen LogP contribution in [0, 0.1) is 0 Å². The van der Waals surface area contributed by atoms with Crippen molar-refractivity contribution in [3.63, 3.8) is 0 Å². The molecule has 1 aliphatic heterocycles. The Morgan fingerprint density at radius 3 is 2.47 bits per heavy atom. The van der Waals surface area contributed by atoms with Crippen LogP contribution in [0.2, 0.25) is 0 Å². The Morgan fingerprint density at radius 2 is 1.78 bits per heavy atom. The number of para-hydroxylation sites is 1. The molecule has 0 aromatic heterocycles. The number of rotatable bonds is 6. The number of methoxy groups -OCH3 is 2. The smallest absolute Gasteiger partial charge is 0.331 e. The summed E-state index contributed by atoms with van der Waals surface area (Å²) in [4.78, 5) is 25.6. The predicted molar refractivity (Wildman–Crippen MR) is 118 cm³/mol. The van der Waals surface area contributed by atoms with E-state index in [0.29, 0.717) is 31.5 Å². The van der Waals surface area contributed by atoms with Crippen LogP contribution in [0.25, 0.3) is 0 Å². The topological polar surface area (TPSA) is 102 Å². The van der Waals surface area contributed by atoms with Gasteiger partial charge in [-0.15, -0.1) is 0 Å². The molecule has 32 heavy (non-hydrogen) atoms. The third-order valence-electron chi connectivity index (χ3n) is 6.23. The van der Waals surface area contributed by atoms with Crippen LogP contribution in [0.3, 0.4) is 0 Å². The average molecular weight is 459 g/mol. The lowest BCUT2D eigenvalue weighted by Crippen LogP contribution is -2.53. The first kappa shape index (κ1) is 22.1. The lowest BCUT2D eigenvalue weighted by atomic mass is 9.97. The van der Waals surface area contributed by atoms with Crippen molar-refractivity contribution in [1.82, 2.24) is 5.32 Å². The van der Waals surface area contributed by atoms with Crippen LogP contribution in [0.1, 0.15) is 41.6 Å². The van der Waals surface area contributed by atoms with E-state index in [4.69, 9.17) is 9.47 Å². The lowest BCUT2D eigenvalue weighted by molar-refractivity contribution is -0.148. The molecule has 8 nitrogen and oxygen atoms in total. The second-order valence-electron chi connectivity index (χ2n) is 8.05. The molecule has 170 valence electrons. The zero-order chi connectivity index (χ0) is 22.9. The number of amides is 1. The van der Waals surface area contributed by atoms with Crippen molar-refractivity contribution in [2.75, 3.05) is 25.1 Å². The van der Waals surface area contributed by atoms with Crippen LogP contribution in [-0.2, 0) is 26.0 Å². The molecular weight excluding hydrogens is 432 g/mol. The number of esters is 1. The van der Waals surface area contributed by atoms with E-state index in [-0.39, 0.29) is 16.2 Å². The summed E-state index contributed by atoms with van der Waals surface area (Å²) in [5, 5.41) is 2.80. The van der Waals surface area contributed by atoms with Gasteiger partial charge in [0.1, 0.15) is 11.3 Å². The number of hydrogen-bond donors (Lipinski definition) is 1. The Balaban J connectivity index is 1.69. The summed E-state index contributed by atoms with van der Waals surface area (Å²) in [6, 6.07) is 11.6. The van der Waals surface area contributed by atoms with Crippen molar-refractivity contribution < 1.29 is 27.5 Å². The maximum atomic E-state index is 13.4. The number of carbonyl (C=O) groups excluding carboxylic acids is 2. The number of benzene rings is 2. The van der Waals surface area contributed by atoms with E-state index in [2.05, 4.69) is 5.32 Å². The molecule has 4 rings (SSSR count). The maximum absolute atomic E-state index is 13.4. The minimum Gasteiger partial charge on any atom is -0.496 e. The first-order chi connectivity index (χ1) is 15.3. The molecule has 0 saturated heterocycles. The first-order valence-corrected chi connectivity index (χ1v) is 12.0. The highest BCUT2D eigenvalue weighted by molar-refractivity contribution is 7.92. The summed E-state index contributed by atoms with van der Waals surface area (Å²) in [7, 11) is -1.20. The van der Waals surface area contributed by atoms with Gasteiger partial charge >= 0.3 is 5.97 Å². The zero-order valence-electron chi connectivity index (χ0n) is 18.1. The molecule has 1 fully saturated rings. The van der Waals surface area contributed by atoms with Crippen molar-refractivity contribution >= 4 is 27.6 Å². The standard InChI is InChI=1S/C23H26N2O6S/c1-30-20-10-9-17(32(28,29)25-14-11-16-7-3-4-8-19(16)25)15-18(20)21(26)24-23(22(27)31-2)12-5-6-13-23/h3-4,7-10,15H,5-6,11-14H2,1-2H3,(H,24,26). The normalized spacial score (nSPS) is 17.0. The van der Waals surface area contributed by atoms with Gasteiger partial charge in [0.2, 0.25) is 0 Å². The maximum Gasteiger partial charge on any atom is 0.331 e. The van der Waals surface area contributed by atoms with Gasteiger partial charge in [0.15, 0.2) is 0 Å². The van der Waals surface area contributed by atoms with Crippen molar-refractivity contribution in [2.24, 2.45) is 0 Å². The number of ether oxygens (including phenoxy) is 2. The average Bonchev–Trinajstić information content (AvgIpc) is 3.46. The molecule has 1 aliphatic carbocycles. The SMILES string of the molecule is COC(=O)C1(NC(=O)c2cc(S(=O)(=O)N3CCc4ccccc43)ccc2OC)CCCC1. The van der Waals surface area contributed by atoms with Gasteiger partial charge < -0.3 is 14.8 Å². The number of sulfonamides is 1. The Labute approximate surface area is 187 Å². The first-order valence-electron chi connectivity index (χ1n) is 10.5. The molecule has 1 heterocycles. The molecule has 0 atom stereocenters. The fourth-order valence-corrected chi connectivity index (χ4v) is 6.08. The number of anilines is 1. The fourth-order valence-electron chi connectivity index (χ4n) is 4.55. The Hall–Kier alpha value is -3.07. The summed E-state index contributed by atoms with van der Waals surface area (Å²) >= 11 is 0. The summed E-state index contributed by atoms with van der Waals surface area (Å²) in [5.74, 6) is -0.853. The predicted octanol–water partition coefficient (Wildman–Crippen LogP) is 2.66. The molecule has 2 aliphatic rings. The van der Waals surface area contributed by atoms with Crippen LogP contribution in [0.4, 0.5) is 5.69 Å². The zero-order valence-corrected chi connectivity index (χ0v) is 18.9. The van der Waals surface area contributed by atoms with Crippen molar-refractivity contribution in [3.8, 4) is 5.75 Å². The van der Waals surface area contributed by atoms with Crippen molar-refractivity contribution in [1.29, 1.82) is 0 Å². The molecule has 9 heteroatoms. The summed E-state index contributed by atoms with van der Waals surface area (Å²) in [5.41, 5.74) is 0.546. The third kappa shape index (κ3) is 3.70. The van der Waals surface area contributed by atoms with Gasteiger partial charge in [-0.2, -0.15) is 0 Å². The van der Waals surface area contributed by atoms with Crippen LogP contribution in [-0.4, -0.2) is 46.6 Å². The second kappa shape index (κ2) is 8.46.